The van der Waals surface area contributed by atoms with E-state index in [1.807, 2.05) is 6.92 Å². The third kappa shape index (κ3) is 7.66. The SMILES string of the molecule is Cc1ccc(Cl)cc1N(CCCC(=O)NCCCc1ccc(F)cc1)S(C)(=O)=O. The lowest BCUT2D eigenvalue weighted by molar-refractivity contribution is -0.121. The van der Waals surface area contributed by atoms with Crippen LogP contribution in [0.1, 0.15) is 30.4 Å². The van der Waals surface area contributed by atoms with Crippen LogP contribution in [0.2, 0.25) is 5.02 Å². The van der Waals surface area contributed by atoms with Gasteiger partial charge in [-0.1, -0.05) is 29.8 Å². The third-order valence-corrected chi connectivity index (χ3v) is 5.90. The van der Waals surface area contributed by atoms with Gasteiger partial charge in [0, 0.05) is 24.5 Å². The van der Waals surface area contributed by atoms with Crippen LogP contribution in [0.3, 0.4) is 0 Å². The molecule has 5 nitrogen and oxygen atoms in total. The van der Waals surface area contributed by atoms with Gasteiger partial charge >= 0.3 is 0 Å². The second-order valence-electron chi connectivity index (χ2n) is 6.95. The Balaban J connectivity index is 1.79. The predicted molar refractivity (Wildman–Crippen MR) is 115 cm³/mol. The van der Waals surface area contributed by atoms with E-state index in [1.54, 1.807) is 30.3 Å². The van der Waals surface area contributed by atoms with Gasteiger partial charge in [-0.05, 0) is 61.6 Å². The predicted octanol–water partition coefficient (Wildman–Crippen LogP) is 4.08. The Kier molecular flexibility index (Phi) is 8.46. The molecule has 0 atom stereocenters. The van der Waals surface area contributed by atoms with Crippen molar-refractivity contribution in [2.24, 2.45) is 0 Å². The molecule has 29 heavy (non-hydrogen) atoms. The number of anilines is 1. The van der Waals surface area contributed by atoms with Gasteiger partial charge in [-0.2, -0.15) is 0 Å². The van der Waals surface area contributed by atoms with Crippen LogP contribution in [0, 0.1) is 12.7 Å². The summed E-state index contributed by atoms with van der Waals surface area (Å²) in [5.74, 6) is -0.390. The maximum absolute atomic E-state index is 12.9. The highest BCUT2D eigenvalue weighted by Crippen LogP contribution is 2.26. The number of hydrogen-bond acceptors (Lipinski definition) is 3. The molecular weight excluding hydrogens is 415 g/mol. The first-order valence-corrected chi connectivity index (χ1v) is 11.6. The monoisotopic (exact) mass is 440 g/mol. The molecule has 0 bridgehead atoms. The molecular formula is C21H26ClFN2O3S. The van der Waals surface area contributed by atoms with Gasteiger partial charge in [0.15, 0.2) is 0 Å². The average Bonchev–Trinajstić information content (AvgIpc) is 2.65. The second kappa shape index (κ2) is 10.6. The van der Waals surface area contributed by atoms with E-state index >= 15 is 0 Å². The van der Waals surface area contributed by atoms with E-state index in [4.69, 9.17) is 11.6 Å². The Labute approximate surface area is 176 Å². The summed E-state index contributed by atoms with van der Waals surface area (Å²) in [5, 5.41) is 3.29. The van der Waals surface area contributed by atoms with Crippen LogP contribution in [-0.2, 0) is 21.2 Å². The molecule has 0 aromatic heterocycles. The maximum atomic E-state index is 12.9. The van der Waals surface area contributed by atoms with E-state index in [-0.39, 0.29) is 24.7 Å². The molecule has 2 rings (SSSR count). The summed E-state index contributed by atoms with van der Waals surface area (Å²) in [4.78, 5) is 12.0. The quantitative estimate of drug-likeness (QED) is 0.566. The lowest BCUT2D eigenvalue weighted by atomic mass is 10.1. The topological polar surface area (TPSA) is 66.5 Å². The minimum atomic E-state index is -3.49. The van der Waals surface area contributed by atoms with Crippen LogP contribution >= 0.6 is 11.6 Å². The number of halogens is 2. The third-order valence-electron chi connectivity index (χ3n) is 4.48. The number of rotatable bonds is 10. The minimum Gasteiger partial charge on any atom is -0.356 e. The van der Waals surface area contributed by atoms with Crippen molar-refractivity contribution in [1.82, 2.24) is 5.32 Å². The van der Waals surface area contributed by atoms with Crippen LogP contribution in [0.25, 0.3) is 0 Å². The molecule has 0 aliphatic rings. The molecule has 0 saturated heterocycles. The summed E-state index contributed by atoms with van der Waals surface area (Å²) in [5.41, 5.74) is 2.34. The smallest absolute Gasteiger partial charge is 0.232 e. The van der Waals surface area contributed by atoms with Crippen molar-refractivity contribution in [1.29, 1.82) is 0 Å². The summed E-state index contributed by atoms with van der Waals surface area (Å²) in [6.45, 7) is 2.53. The number of nitrogens with one attached hydrogen (secondary N) is 1. The lowest BCUT2D eigenvalue weighted by Crippen LogP contribution is -2.32. The molecule has 0 saturated carbocycles. The number of hydrogen-bond donors (Lipinski definition) is 1. The number of nitrogens with zero attached hydrogens (tertiary/aromatic N) is 1. The molecule has 0 radical (unpaired) electrons. The number of benzene rings is 2. The van der Waals surface area contributed by atoms with Crippen LogP contribution in [-0.4, -0.2) is 33.7 Å². The second-order valence-corrected chi connectivity index (χ2v) is 9.29. The molecule has 158 valence electrons. The van der Waals surface area contributed by atoms with Gasteiger partial charge < -0.3 is 5.32 Å². The summed E-state index contributed by atoms with van der Waals surface area (Å²) in [6.07, 6.45) is 3.25. The largest absolute Gasteiger partial charge is 0.356 e. The Hall–Kier alpha value is -2.12. The van der Waals surface area contributed by atoms with Crippen molar-refractivity contribution >= 4 is 33.2 Å². The molecule has 8 heteroatoms. The molecule has 1 amide bonds. The van der Waals surface area contributed by atoms with Crippen LogP contribution in [0.15, 0.2) is 42.5 Å². The Bertz CT molecular complexity index is 933. The van der Waals surface area contributed by atoms with Gasteiger partial charge in [-0.15, -0.1) is 0 Å². The van der Waals surface area contributed by atoms with Gasteiger partial charge in [-0.25, -0.2) is 12.8 Å². The molecule has 0 heterocycles. The van der Waals surface area contributed by atoms with E-state index in [9.17, 15) is 17.6 Å². The number of amides is 1. The highest BCUT2D eigenvalue weighted by atomic mass is 35.5. The normalized spacial score (nSPS) is 11.3. The summed E-state index contributed by atoms with van der Waals surface area (Å²) < 4.78 is 38.6. The van der Waals surface area contributed by atoms with Crippen molar-refractivity contribution < 1.29 is 17.6 Å². The fraction of sp³-hybridized carbons (Fsp3) is 0.381. The van der Waals surface area contributed by atoms with Gasteiger partial charge in [0.05, 0.1) is 11.9 Å². The Morgan fingerprint density at radius 3 is 2.48 bits per heavy atom. The maximum Gasteiger partial charge on any atom is 0.232 e. The van der Waals surface area contributed by atoms with E-state index in [2.05, 4.69) is 5.32 Å². The van der Waals surface area contributed by atoms with Crippen LogP contribution < -0.4 is 9.62 Å². The number of carbonyl (C=O) groups excluding carboxylic acids is 1. The van der Waals surface area contributed by atoms with Crippen LogP contribution in [0.5, 0.6) is 0 Å². The number of carbonyl (C=O) groups is 1. The summed E-state index contributed by atoms with van der Waals surface area (Å²) >= 11 is 6.01. The highest BCUT2D eigenvalue weighted by molar-refractivity contribution is 7.92. The Morgan fingerprint density at radius 1 is 1.14 bits per heavy atom. The van der Waals surface area contributed by atoms with Gasteiger partial charge in [-0.3, -0.25) is 9.10 Å². The van der Waals surface area contributed by atoms with Crippen molar-refractivity contribution in [3.8, 4) is 0 Å². The molecule has 1 N–H and O–H groups in total. The van der Waals surface area contributed by atoms with Crippen LogP contribution in [0.4, 0.5) is 10.1 Å². The first-order valence-electron chi connectivity index (χ1n) is 9.42. The van der Waals surface area contributed by atoms with E-state index < -0.39 is 10.0 Å². The fourth-order valence-corrected chi connectivity index (χ4v) is 4.14. The van der Waals surface area contributed by atoms with Crippen molar-refractivity contribution in [3.63, 3.8) is 0 Å². The van der Waals surface area contributed by atoms with E-state index in [0.717, 1.165) is 30.2 Å². The molecule has 0 aliphatic heterocycles. The molecule has 0 fully saturated rings. The lowest BCUT2D eigenvalue weighted by Gasteiger charge is -2.24. The van der Waals surface area contributed by atoms with Gasteiger partial charge in [0.1, 0.15) is 5.82 Å². The van der Waals surface area contributed by atoms with Crippen molar-refractivity contribution in [3.05, 3.63) is 64.4 Å². The highest BCUT2D eigenvalue weighted by Gasteiger charge is 2.19. The molecule has 2 aromatic carbocycles. The van der Waals surface area contributed by atoms with Gasteiger partial charge in [0.25, 0.3) is 0 Å². The zero-order valence-corrected chi connectivity index (χ0v) is 18.2. The van der Waals surface area contributed by atoms with E-state index in [1.165, 1.54) is 16.4 Å². The van der Waals surface area contributed by atoms with Gasteiger partial charge in [0.2, 0.25) is 15.9 Å². The molecule has 0 unspecified atom stereocenters. The Morgan fingerprint density at radius 2 is 1.83 bits per heavy atom. The number of sulfonamides is 1. The molecule has 0 aliphatic carbocycles. The first kappa shape index (κ1) is 23.2. The van der Waals surface area contributed by atoms with Crippen molar-refractivity contribution in [2.45, 2.75) is 32.6 Å². The minimum absolute atomic E-state index is 0.125. The fourth-order valence-electron chi connectivity index (χ4n) is 2.96. The van der Waals surface area contributed by atoms with E-state index in [0.29, 0.717) is 23.7 Å². The molecule has 0 spiro atoms. The zero-order valence-electron chi connectivity index (χ0n) is 16.6. The molecule has 2 aromatic rings. The first-order chi connectivity index (χ1) is 13.7. The number of aryl methyl sites for hydroxylation is 2. The summed E-state index contributed by atoms with van der Waals surface area (Å²) in [6, 6.07) is 11.4. The van der Waals surface area contributed by atoms with Crippen molar-refractivity contribution in [2.75, 3.05) is 23.7 Å². The average molecular weight is 441 g/mol. The zero-order chi connectivity index (χ0) is 21.4. The standard InChI is InChI=1S/C21H26ClFN2O3S/c1-16-7-10-18(22)15-20(16)25(29(2,27)28)14-4-6-21(26)24-13-3-5-17-8-11-19(23)12-9-17/h7-12,15H,3-6,13-14H2,1-2H3,(H,24,26). The summed E-state index contributed by atoms with van der Waals surface area (Å²) in [7, 11) is -3.49.